The van der Waals surface area contributed by atoms with Crippen LogP contribution in [0.4, 0.5) is 13.9 Å². The van der Waals surface area contributed by atoms with Gasteiger partial charge < -0.3 is 0 Å². The average molecular weight is 152 g/mol. The SMILES string of the molecule is F[AsH-](F)(F)F. The van der Waals surface area contributed by atoms with Crippen molar-refractivity contribution in [2.24, 2.45) is 0 Å². The van der Waals surface area contributed by atoms with Gasteiger partial charge in [0.1, 0.15) is 0 Å². The second kappa shape index (κ2) is 1.17. The Balaban J connectivity index is 3.02. The van der Waals surface area contributed by atoms with Crippen molar-refractivity contribution >= 4 is 15.4 Å². The molecule has 0 atom stereocenters. The van der Waals surface area contributed by atoms with Crippen LogP contribution < -0.4 is 0 Å². The van der Waals surface area contributed by atoms with Crippen LogP contribution in [0.1, 0.15) is 0 Å². The third kappa shape index (κ3) is 286. The van der Waals surface area contributed by atoms with E-state index in [4.69, 9.17) is 0 Å². The Morgan fingerprint density at radius 2 is 0.800 bits per heavy atom. The van der Waals surface area contributed by atoms with Gasteiger partial charge in [-0.25, -0.2) is 0 Å². The van der Waals surface area contributed by atoms with Crippen LogP contribution in [-0.4, -0.2) is 15.4 Å². The molecule has 0 aliphatic carbocycles. The van der Waals surface area contributed by atoms with Gasteiger partial charge >= 0.3 is 29.3 Å². The van der Waals surface area contributed by atoms with Gasteiger partial charge in [0.25, 0.3) is 0 Å². The first-order valence-corrected chi connectivity index (χ1v) is 3.93. The fraction of sp³-hybridized carbons (Fsp3) is 0. The minimum absolute atomic E-state index is 7.00. The van der Waals surface area contributed by atoms with E-state index >= 15 is 0 Å². The van der Waals surface area contributed by atoms with Gasteiger partial charge in [-0.15, -0.1) is 0 Å². The van der Waals surface area contributed by atoms with Gasteiger partial charge in [0.05, 0.1) is 0 Å². The molecule has 0 N–H and O–H groups in total. The van der Waals surface area contributed by atoms with Crippen LogP contribution in [0.5, 0.6) is 0 Å². The molecule has 5 heavy (non-hydrogen) atoms. The van der Waals surface area contributed by atoms with Gasteiger partial charge in [0, 0.05) is 0 Å². The van der Waals surface area contributed by atoms with Gasteiger partial charge in [-0.05, 0) is 0 Å². The Labute approximate surface area is 30.2 Å². The quantitative estimate of drug-likeness (QED) is 0.359. The number of rotatable bonds is 0. The maximum atomic E-state index is 9.88. The molecule has 0 aromatic heterocycles. The van der Waals surface area contributed by atoms with Crippen LogP contribution >= 0.6 is 0 Å². The maximum absolute atomic E-state index is 9.88. The fourth-order valence-corrected chi connectivity index (χ4v) is 0. The molecular weight excluding hydrogens is 151 g/mol. The van der Waals surface area contributed by atoms with Gasteiger partial charge in [-0.2, -0.15) is 0 Å². The summed E-state index contributed by atoms with van der Waals surface area (Å²) in [7, 11) is 0. The molecule has 0 aliphatic heterocycles. The molecule has 35 valence electrons. The van der Waals surface area contributed by atoms with E-state index in [2.05, 4.69) is 0 Å². The molecule has 0 aromatic rings. The second-order valence-corrected chi connectivity index (χ2v) is 2.23. The summed E-state index contributed by atoms with van der Waals surface area (Å²) >= 11 is -7.00. The van der Waals surface area contributed by atoms with Crippen LogP contribution in [0.2, 0.25) is 0 Å². The van der Waals surface area contributed by atoms with Crippen LogP contribution in [0, 0.1) is 0 Å². The van der Waals surface area contributed by atoms with Crippen LogP contribution in [0.15, 0.2) is 0 Å². The van der Waals surface area contributed by atoms with Crippen molar-refractivity contribution in [2.75, 3.05) is 0 Å². The van der Waals surface area contributed by atoms with Crippen molar-refractivity contribution < 1.29 is 13.9 Å². The normalized spacial score (nSPS) is 15.2. The van der Waals surface area contributed by atoms with Gasteiger partial charge in [-0.1, -0.05) is 0 Å². The predicted molar refractivity (Wildman–Crippen MR) is 11.6 cm³/mol. The molecule has 0 aromatic carbocycles. The summed E-state index contributed by atoms with van der Waals surface area (Å²) in [6.07, 6.45) is 0. The standard InChI is InChI=1S/AsF4H/c2-1(3,4)5/h1H/q-1. The summed E-state index contributed by atoms with van der Waals surface area (Å²) in [6.45, 7) is 0. The van der Waals surface area contributed by atoms with Crippen molar-refractivity contribution in [1.29, 1.82) is 0 Å². The molecule has 0 fully saturated rings. The van der Waals surface area contributed by atoms with Crippen LogP contribution in [0.25, 0.3) is 0 Å². The topological polar surface area (TPSA) is 0 Å². The fourth-order valence-electron chi connectivity index (χ4n) is 0. The molecule has 5 heteroatoms. The number of halogens is 4. The summed E-state index contributed by atoms with van der Waals surface area (Å²) in [4.78, 5) is 0. The van der Waals surface area contributed by atoms with Crippen molar-refractivity contribution in [3.63, 3.8) is 0 Å². The van der Waals surface area contributed by atoms with Crippen molar-refractivity contribution in [3.05, 3.63) is 0 Å². The first-order chi connectivity index (χ1) is 2.00. The molecule has 0 spiro atoms. The van der Waals surface area contributed by atoms with Crippen molar-refractivity contribution in [2.45, 2.75) is 0 Å². The monoisotopic (exact) mass is 152 g/mol. The van der Waals surface area contributed by atoms with E-state index in [0.717, 1.165) is 0 Å². The third-order valence-corrected chi connectivity index (χ3v) is 0. The summed E-state index contributed by atoms with van der Waals surface area (Å²) in [5.41, 5.74) is 0. The summed E-state index contributed by atoms with van der Waals surface area (Å²) in [6, 6.07) is 0. The number of hydrogen-bond acceptors (Lipinski definition) is 0. The zero-order valence-electron chi connectivity index (χ0n) is 2.01. The summed E-state index contributed by atoms with van der Waals surface area (Å²) < 4.78 is 39.5. The second-order valence-electron chi connectivity index (χ2n) is 0.429. The minimum atomic E-state index is -7.00. The molecular formula is HAsF4-. The zero-order chi connectivity index (χ0) is 4.50. The molecule has 0 amide bonds. The Hall–Kier alpha value is 0.278. The molecule has 0 bridgehead atoms. The van der Waals surface area contributed by atoms with Gasteiger partial charge in [0.15, 0.2) is 0 Å². The molecule has 0 saturated carbocycles. The summed E-state index contributed by atoms with van der Waals surface area (Å²) in [5.74, 6) is 0. The number of hydrogen-bond donors (Lipinski definition) is 0. The molecule has 0 aliphatic rings. The predicted octanol–water partition coefficient (Wildman–Crippen LogP) is 1.03. The molecule has 0 radical (unpaired) electrons. The van der Waals surface area contributed by atoms with Crippen LogP contribution in [-0.2, 0) is 0 Å². The zero-order valence-corrected chi connectivity index (χ0v) is 4.11. The molecule has 0 saturated heterocycles. The Morgan fingerprint density at radius 3 is 0.800 bits per heavy atom. The van der Waals surface area contributed by atoms with Crippen molar-refractivity contribution in [3.8, 4) is 0 Å². The molecule has 0 heterocycles. The van der Waals surface area contributed by atoms with E-state index in [1.165, 1.54) is 0 Å². The van der Waals surface area contributed by atoms with Gasteiger partial charge in [0.2, 0.25) is 0 Å². The first-order valence-electron chi connectivity index (χ1n) is 0.756. The summed E-state index contributed by atoms with van der Waals surface area (Å²) in [5, 5.41) is 0. The molecule has 0 unspecified atom stereocenters. The Kier molecular flexibility index (Phi) is 1.23. The first kappa shape index (κ1) is 5.28. The average Bonchev–Trinajstić information content (AvgIpc) is 0.722. The molecule has 0 nitrogen and oxygen atoms in total. The molecule has 0 rings (SSSR count). The van der Waals surface area contributed by atoms with E-state index < -0.39 is 15.4 Å². The van der Waals surface area contributed by atoms with E-state index in [1.807, 2.05) is 0 Å². The Morgan fingerprint density at radius 1 is 0.800 bits per heavy atom. The van der Waals surface area contributed by atoms with E-state index in [-0.39, 0.29) is 0 Å². The van der Waals surface area contributed by atoms with Crippen molar-refractivity contribution in [1.82, 2.24) is 0 Å². The van der Waals surface area contributed by atoms with E-state index in [9.17, 15) is 13.9 Å². The van der Waals surface area contributed by atoms with Crippen LogP contribution in [0.3, 0.4) is 0 Å². The van der Waals surface area contributed by atoms with E-state index in [0.29, 0.717) is 0 Å². The van der Waals surface area contributed by atoms with Gasteiger partial charge in [-0.3, -0.25) is 0 Å². The van der Waals surface area contributed by atoms with E-state index in [1.54, 1.807) is 0 Å². The third-order valence-electron chi connectivity index (χ3n) is 0. The Bertz CT molecular complexity index is 19.1.